The number of carbonyl (C=O) groups is 1. The maximum Gasteiger partial charge on any atom is 0.303 e. The van der Waals surface area contributed by atoms with Crippen molar-refractivity contribution in [1.82, 2.24) is 10.2 Å². The summed E-state index contributed by atoms with van der Waals surface area (Å²) in [5, 5.41) is 12.0. The summed E-state index contributed by atoms with van der Waals surface area (Å²) in [7, 11) is 1.73. The first kappa shape index (κ1) is 14.4. The van der Waals surface area contributed by atoms with Crippen LogP contribution in [0.2, 0.25) is 0 Å². The minimum atomic E-state index is -0.711. The van der Waals surface area contributed by atoms with E-state index in [1.807, 2.05) is 0 Å². The first-order valence-corrected chi connectivity index (χ1v) is 6.39. The number of rotatable bonds is 8. The highest BCUT2D eigenvalue weighted by Gasteiger charge is 2.18. The van der Waals surface area contributed by atoms with Gasteiger partial charge in [0.05, 0.1) is 6.61 Å². The van der Waals surface area contributed by atoms with Gasteiger partial charge >= 0.3 is 5.97 Å². The summed E-state index contributed by atoms with van der Waals surface area (Å²) in [6.45, 7) is 4.78. The number of carboxylic acid groups (broad SMARTS) is 1. The third kappa shape index (κ3) is 6.61. The third-order valence-corrected chi connectivity index (χ3v) is 3.12. The number of ether oxygens (including phenoxy) is 1. The molecule has 0 aromatic rings. The second-order valence-electron chi connectivity index (χ2n) is 4.58. The maximum absolute atomic E-state index is 10.4. The van der Waals surface area contributed by atoms with E-state index in [2.05, 4.69) is 10.2 Å². The fourth-order valence-corrected chi connectivity index (χ4v) is 2.19. The van der Waals surface area contributed by atoms with E-state index >= 15 is 0 Å². The topological polar surface area (TPSA) is 61.8 Å². The van der Waals surface area contributed by atoms with Gasteiger partial charge in [-0.25, -0.2) is 0 Å². The summed E-state index contributed by atoms with van der Waals surface area (Å²) in [5.74, 6) is -0.711. The Morgan fingerprint density at radius 3 is 3.12 bits per heavy atom. The average molecular weight is 244 g/mol. The lowest BCUT2D eigenvalue weighted by Crippen LogP contribution is -2.46. The molecular weight excluding hydrogens is 220 g/mol. The van der Waals surface area contributed by atoms with Gasteiger partial charge in [-0.15, -0.1) is 0 Å². The molecule has 1 heterocycles. The molecule has 0 aromatic carbocycles. The van der Waals surface area contributed by atoms with Gasteiger partial charge in [-0.1, -0.05) is 0 Å². The van der Waals surface area contributed by atoms with Crippen LogP contribution in [0.4, 0.5) is 0 Å². The molecule has 0 bridgehead atoms. The predicted molar refractivity (Wildman–Crippen MR) is 66.2 cm³/mol. The Morgan fingerprint density at radius 2 is 2.41 bits per heavy atom. The van der Waals surface area contributed by atoms with Crippen LogP contribution in [0.25, 0.3) is 0 Å². The Hall–Kier alpha value is -0.650. The number of nitrogens with one attached hydrogen (secondary N) is 1. The van der Waals surface area contributed by atoms with Crippen LogP contribution >= 0.6 is 0 Å². The van der Waals surface area contributed by atoms with Gasteiger partial charge in [0.15, 0.2) is 0 Å². The summed E-state index contributed by atoms with van der Waals surface area (Å²) in [6, 6.07) is 0.509. The van der Waals surface area contributed by atoms with Gasteiger partial charge in [-0.05, 0) is 32.4 Å². The quantitative estimate of drug-likeness (QED) is 0.611. The number of hydrogen-bond donors (Lipinski definition) is 2. The molecular formula is C12H24N2O3. The molecule has 100 valence electrons. The maximum atomic E-state index is 10.4. The Balaban J connectivity index is 2.09. The van der Waals surface area contributed by atoms with Crippen LogP contribution in [0.15, 0.2) is 0 Å². The fourth-order valence-electron chi connectivity index (χ4n) is 2.19. The van der Waals surface area contributed by atoms with E-state index in [9.17, 15) is 4.79 Å². The highest BCUT2D eigenvalue weighted by atomic mass is 16.5. The number of methoxy groups -OCH3 is 1. The number of nitrogens with zero attached hydrogens (tertiary/aromatic N) is 1. The van der Waals surface area contributed by atoms with Crippen molar-refractivity contribution in [2.75, 3.05) is 39.9 Å². The molecule has 0 aromatic heterocycles. The SMILES string of the molecule is COCCN1CCCC(NCCCC(=O)O)C1. The zero-order valence-electron chi connectivity index (χ0n) is 10.7. The molecule has 1 aliphatic heterocycles. The lowest BCUT2D eigenvalue weighted by Gasteiger charge is -2.33. The summed E-state index contributed by atoms with van der Waals surface area (Å²) in [6.07, 6.45) is 3.37. The summed E-state index contributed by atoms with van der Waals surface area (Å²) in [4.78, 5) is 12.8. The standard InChI is InChI=1S/C12H24N2O3/c1-17-9-8-14-7-3-4-11(10-14)13-6-2-5-12(15)16/h11,13H,2-10H2,1H3,(H,15,16). The molecule has 0 saturated carbocycles. The second-order valence-corrected chi connectivity index (χ2v) is 4.58. The van der Waals surface area contributed by atoms with E-state index in [4.69, 9.17) is 9.84 Å². The van der Waals surface area contributed by atoms with Crippen LogP contribution in [-0.4, -0.2) is 61.9 Å². The zero-order valence-corrected chi connectivity index (χ0v) is 10.7. The van der Waals surface area contributed by atoms with E-state index < -0.39 is 5.97 Å². The van der Waals surface area contributed by atoms with Gasteiger partial charge in [-0.3, -0.25) is 9.69 Å². The van der Waals surface area contributed by atoms with Gasteiger partial charge in [0.1, 0.15) is 0 Å². The van der Waals surface area contributed by atoms with E-state index in [1.54, 1.807) is 7.11 Å². The van der Waals surface area contributed by atoms with Gasteiger partial charge < -0.3 is 15.2 Å². The lowest BCUT2D eigenvalue weighted by atomic mass is 10.1. The van der Waals surface area contributed by atoms with Crippen molar-refractivity contribution in [2.45, 2.75) is 31.7 Å². The predicted octanol–water partition coefficient (Wildman–Crippen LogP) is 0.552. The van der Waals surface area contributed by atoms with Crippen molar-refractivity contribution in [3.05, 3.63) is 0 Å². The molecule has 2 N–H and O–H groups in total. The number of carboxylic acids is 1. The van der Waals surface area contributed by atoms with Crippen molar-refractivity contribution >= 4 is 5.97 Å². The summed E-state index contributed by atoms with van der Waals surface area (Å²) in [5.41, 5.74) is 0. The Kier molecular flexibility index (Phi) is 7.16. The molecule has 5 nitrogen and oxygen atoms in total. The van der Waals surface area contributed by atoms with Gasteiger partial charge in [0.25, 0.3) is 0 Å². The van der Waals surface area contributed by atoms with E-state index in [1.165, 1.54) is 12.8 Å². The third-order valence-electron chi connectivity index (χ3n) is 3.12. The van der Waals surface area contributed by atoms with E-state index in [0.29, 0.717) is 12.5 Å². The van der Waals surface area contributed by atoms with Crippen LogP contribution in [0.1, 0.15) is 25.7 Å². The molecule has 1 rings (SSSR count). The van der Waals surface area contributed by atoms with Crippen LogP contribution in [0, 0.1) is 0 Å². The average Bonchev–Trinajstić information content (AvgIpc) is 2.32. The molecule has 5 heteroatoms. The van der Waals surface area contributed by atoms with Gasteiger partial charge in [0.2, 0.25) is 0 Å². The number of hydrogen-bond acceptors (Lipinski definition) is 4. The first-order chi connectivity index (χ1) is 8.22. The largest absolute Gasteiger partial charge is 0.481 e. The summed E-state index contributed by atoms with van der Waals surface area (Å²) < 4.78 is 5.08. The molecule has 0 radical (unpaired) electrons. The summed E-state index contributed by atoms with van der Waals surface area (Å²) >= 11 is 0. The smallest absolute Gasteiger partial charge is 0.303 e. The van der Waals surface area contributed by atoms with Crippen molar-refractivity contribution in [3.63, 3.8) is 0 Å². The molecule has 0 spiro atoms. The van der Waals surface area contributed by atoms with Crippen molar-refractivity contribution in [3.8, 4) is 0 Å². The minimum absolute atomic E-state index is 0.257. The molecule has 1 saturated heterocycles. The monoisotopic (exact) mass is 244 g/mol. The lowest BCUT2D eigenvalue weighted by molar-refractivity contribution is -0.137. The normalized spacial score (nSPS) is 21.6. The number of likely N-dealkylation sites (tertiary alicyclic amines) is 1. The molecule has 1 unspecified atom stereocenters. The van der Waals surface area contributed by atoms with Gasteiger partial charge in [-0.2, -0.15) is 0 Å². The van der Waals surface area contributed by atoms with Crippen molar-refractivity contribution in [1.29, 1.82) is 0 Å². The Bertz CT molecular complexity index is 224. The molecule has 1 aliphatic rings. The minimum Gasteiger partial charge on any atom is -0.481 e. The Labute approximate surface area is 103 Å². The van der Waals surface area contributed by atoms with Gasteiger partial charge in [0, 0.05) is 32.7 Å². The molecule has 0 aliphatic carbocycles. The van der Waals surface area contributed by atoms with Crippen molar-refractivity contribution < 1.29 is 14.6 Å². The fraction of sp³-hybridized carbons (Fsp3) is 0.917. The van der Waals surface area contributed by atoms with E-state index in [-0.39, 0.29) is 6.42 Å². The first-order valence-electron chi connectivity index (χ1n) is 6.39. The second kappa shape index (κ2) is 8.44. The zero-order chi connectivity index (χ0) is 12.5. The highest BCUT2D eigenvalue weighted by molar-refractivity contribution is 5.66. The Morgan fingerprint density at radius 1 is 1.59 bits per heavy atom. The van der Waals surface area contributed by atoms with E-state index in [0.717, 1.165) is 32.8 Å². The van der Waals surface area contributed by atoms with Crippen molar-refractivity contribution in [2.24, 2.45) is 0 Å². The number of aliphatic carboxylic acids is 1. The molecule has 1 fully saturated rings. The number of piperidine rings is 1. The molecule has 17 heavy (non-hydrogen) atoms. The van der Waals surface area contributed by atoms with Crippen LogP contribution in [-0.2, 0) is 9.53 Å². The van der Waals surface area contributed by atoms with Crippen LogP contribution < -0.4 is 5.32 Å². The molecule has 1 atom stereocenters. The van der Waals surface area contributed by atoms with Crippen LogP contribution in [0.5, 0.6) is 0 Å². The van der Waals surface area contributed by atoms with Crippen LogP contribution in [0.3, 0.4) is 0 Å². The highest BCUT2D eigenvalue weighted by Crippen LogP contribution is 2.09. The molecule has 0 amide bonds.